The first-order valence-corrected chi connectivity index (χ1v) is 11.4. The van der Waals surface area contributed by atoms with Crippen LogP contribution in [0.25, 0.3) is 11.2 Å². The molecule has 2 aliphatic carbocycles. The van der Waals surface area contributed by atoms with Crippen LogP contribution in [-0.4, -0.2) is 47.8 Å². The maximum Gasteiger partial charge on any atom is 0.306 e. The fraction of sp³-hybridized carbons (Fsp3) is 0.478. The van der Waals surface area contributed by atoms with Gasteiger partial charge in [-0.25, -0.2) is 14.4 Å². The fourth-order valence-corrected chi connectivity index (χ4v) is 4.90. The topological polar surface area (TPSA) is 125 Å². The van der Waals surface area contributed by atoms with Crippen LogP contribution >= 0.6 is 0 Å². The molecule has 2 aromatic heterocycles. The molecule has 2 saturated carbocycles. The molecule has 0 amide bonds. The molecule has 1 aromatic carbocycles. The molecule has 2 aliphatic rings. The van der Waals surface area contributed by atoms with E-state index >= 15 is 0 Å². The molecule has 2 heterocycles. The molecule has 0 radical (unpaired) electrons. The number of halogens is 1. The Morgan fingerprint density at radius 2 is 1.88 bits per heavy atom. The minimum absolute atomic E-state index is 0.127. The normalized spacial score (nSPS) is 25.3. The SMILES string of the molecule is O=C(O)[C@@H]1CC[C@H](n2c(Nc3ccccc3F)nc3cnc(N[C@H]4CC[C@H](O)CC4)nc32)C1. The number of carboxylic acid groups (broad SMARTS) is 1. The van der Waals surface area contributed by atoms with Crippen LogP contribution in [0, 0.1) is 11.7 Å². The van der Waals surface area contributed by atoms with Gasteiger partial charge in [-0.05, 0) is 57.1 Å². The third-order valence-electron chi connectivity index (χ3n) is 6.70. The van der Waals surface area contributed by atoms with Gasteiger partial charge in [0.2, 0.25) is 11.9 Å². The molecule has 0 spiro atoms. The van der Waals surface area contributed by atoms with E-state index in [1.165, 1.54) is 6.07 Å². The van der Waals surface area contributed by atoms with Crippen molar-refractivity contribution in [3.8, 4) is 0 Å². The van der Waals surface area contributed by atoms with E-state index in [4.69, 9.17) is 4.98 Å². The Balaban J connectivity index is 1.50. The number of imidazole rings is 1. The number of rotatable bonds is 6. The van der Waals surface area contributed by atoms with Crippen LogP contribution in [-0.2, 0) is 4.79 Å². The van der Waals surface area contributed by atoms with Crippen LogP contribution in [0.15, 0.2) is 30.5 Å². The zero-order valence-electron chi connectivity index (χ0n) is 18.1. The van der Waals surface area contributed by atoms with E-state index in [1.54, 1.807) is 24.4 Å². The van der Waals surface area contributed by atoms with Gasteiger partial charge in [0.15, 0.2) is 5.65 Å². The molecule has 2 fully saturated rings. The molecule has 33 heavy (non-hydrogen) atoms. The van der Waals surface area contributed by atoms with Gasteiger partial charge >= 0.3 is 5.97 Å². The number of anilines is 3. The van der Waals surface area contributed by atoms with Crippen molar-refractivity contribution >= 4 is 34.7 Å². The summed E-state index contributed by atoms with van der Waals surface area (Å²) in [6.07, 6.45) is 6.25. The van der Waals surface area contributed by atoms with Gasteiger partial charge in [-0.3, -0.25) is 9.36 Å². The number of aliphatic hydroxyl groups is 1. The van der Waals surface area contributed by atoms with E-state index in [2.05, 4.69) is 20.6 Å². The Morgan fingerprint density at radius 3 is 2.61 bits per heavy atom. The third kappa shape index (κ3) is 4.47. The Bertz CT molecular complexity index is 1160. The van der Waals surface area contributed by atoms with Gasteiger partial charge in [-0.15, -0.1) is 0 Å². The zero-order valence-corrected chi connectivity index (χ0v) is 18.1. The molecule has 3 aromatic rings. The number of nitrogens with zero attached hydrogens (tertiary/aromatic N) is 4. The fourth-order valence-electron chi connectivity index (χ4n) is 4.90. The smallest absolute Gasteiger partial charge is 0.306 e. The predicted octanol–water partition coefficient (Wildman–Crippen LogP) is 3.85. The molecule has 5 rings (SSSR count). The van der Waals surface area contributed by atoms with Crippen molar-refractivity contribution in [2.24, 2.45) is 5.92 Å². The van der Waals surface area contributed by atoms with Crippen molar-refractivity contribution in [3.63, 3.8) is 0 Å². The van der Waals surface area contributed by atoms with E-state index in [9.17, 15) is 19.4 Å². The van der Waals surface area contributed by atoms with Crippen LogP contribution in [0.5, 0.6) is 0 Å². The Labute approximate surface area is 190 Å². The van der Waals surface area contributed by atoms with E-state index in [0.29, 0.717) is 42.3 Å². The monoisotopic (exact) mass is 454 g/mol. The lowest BCUT2D eigenvalue weighted by molar-refractivity contribution is -0.141. The van der Waals surface area contributed by atoms with Crippen LogP contribution in [0.2, 0.25) is 0 Å². The Kier molecular flexibility index (Phi) is 5.84. The number of nitrogens with one attached hydrogen (secondary N) is 2. The highest BCUT2D eigenvalue weighted by atomic mass is 19.1. The summed E-state index contributed by atoms with van der Waals surface area (Å²) < 4.78 is 16.2. The number of aliphatic carboxylic acids is 1. The number of carboxylic acids is 1. The van der Waals surface area contributed by atoms with Crippen LogP contribution in [0.4, 0.5) is 22.0 Å². The second-order valence-corrected chi connectivity index (χ2v) is 8.96. The number of hydrogen-bond donors (Lipinski definition) is 4. The molecule has 4 N–H and O–H groups in total. The van der Waals surface area contributed by atoms with Gasteiger partial charge in [-0.1, -0.05) is 12.1 Å². The number of para-hydroxylation sites is 1. The molecule has 9 nitrogen and oxygen atoms in total. The summed E-state index contributed by atoms with van der Waals surface area (Å²) in [5.41, 5.74) is 1.42. The molecular formula is C23H27FN6O3. The minimum atomic E-state index is -0.804. The highest BCUT2D eigenvalue weighted by Crippen LogP contribution is 2.39. The molecule has 2 atom stereocenters. The van der Waals surface area contributed by atoms with Crippen molar-refractivity contribution in [2.75, 3.05) is 10.6 Å². The maximum atomic E-state index is 14.3. The third-order valence-corrected chi connectivity index (χ3v) is 6.70. The molecule has 0 saturated heterocycles. The first kappa shape index (κ1) is 21.6. The van der Waals surface area contributed by atoms with E-state index in [0.717, 1.165) is 25.7 Å². The average Bonchev–Trinajstić information content (AvgIpc) is 3.41. The van der Waals surface area contributed by atoms with Crippen LogP contribution in [0.1, 0.15) is 51.0 Å². The van der Waals surface area contributed by atoms with Gasteiger partial charge in [0, 0.05) is 12.1 Å². The lowest BCUT2D eigenvalue weighted by Gasteiger charge is -2.26. The van der Waals surface area contributed by atoms with E-state index in [1.807, 2.05) is 4.57 Å². The van der Waals surface area contributed by atoms with Gasteiger partial charge in [-0.2, -0.15) is 4.98 Å². The summed E-state index contributed by atoms with van der Waals surface area (Å²) in [4.78, 5) is 25.3. The second kappa shape index (κ2) is 8.93. The highest BCUT2D eigenvalue weighted by Gasteiger charge is 2.33. The van der Waals surface area contributed by atoms with Gasteiger partial charge in [0.25, 0.3) is 0 Å². The first-order chi connectivity index (χ1) is 16.0. The summed E-state index contributed by atoms with van der Waals surface area (Å²) in [5.74, 6) is -0.753. The van der Waals surface area contributed by atoms with E-state index < -0.39 is 17.7 Å². The highest BCUT2D eigenvalue weighted by molar-refractivity contribution is 5.77. The van der Waals surface area contributed by atoms with Crippen molar-refractivity contribution in [1.82, 2.24) is 19.5 Å². The Morgan fingerprint density at radius 1 is 1.09 bits per heavy atom. The summed E-state index contributed by atoms with van der Waals surface area (Å²) >= 11 is 0. The molecule has 174 valence electrons. The van der Waals surface area contributed by atoms with Crippen molar-refractivity contribution in [2.45, 2.75) is 63.1 Å². The number of hydrogen-bond acceptors (Lipinski definition) is 7. The lowest BCUT2D eigenvalue weighted by atomic mass is 9.93. The number of aromatic nitrogens is 4. The standard InChI is InChI=1S/C23H27FN6O3/c24-17-3-1-2-4-18(17)27-23-28-19-12-25-22(26-14-6-9-16(31)10-7-14)29-20(19)30(23)15-8-5-13(11-15)21(32)33/h1-4,12-16,31H,5-11H2,(H,27,28)(H,32,33)(H,25,26,29)/t13-,14-,15+,16-/m1/s1. The molecule has 0 aliphatic heterocycles. The van der Waals surface area contributed by atoms with Gasteiger partial charge in [0.1, 0.15) is 11.3 Å². The number of benzene rings is 1. The zero-order chi connectivity index (χ0) is 22.9. The summed E-state index contributed by atoms with van der Waals surface area (Å²) in [7, 11) is 0. The largest absolute Gasteiger partial charge is 0.481 e. The number of fused-ring (bicyclic) bond motifs is 1. The van der Waals surface area contributed by atoms with Crippen molar-refractivity contribution in [3.05, 3.63) is 36.3 Å². The molecule has 10 heteroatoms. The first-order valence-electron chi connectivity index (χ1n) is 11.4. The maximum absolute atomic E-state index is 14.3. The Hall–Kier alpha value is -3.27. The minimum Gasteiger partial charge on any atom is -0.481 e. The number of carbonyl (C=O) groups is 1. The van der Waals surface area contributed by atoms with Crippen LogP contribution in [0.3, 0.4) is 0 Å². The lowest BCUT2D eigenvalue weighted by Crippen LogP contribution is -2.29. The van der Waals surface area contributed by atoms with Crippen molar-refractivity contribution in [1.29, 1.82) is 0 Å². The average molecular weight is 455 g/mol. The predicted molar refractivity (Wildman–Crippen MR) is 121 cm³/mol. The summed E-state index contributed by atoms with van der Waals surface area (Å²) in [5, 5.41) is 25.7. The molecule has 0 bridgehead atoms. The van der Waals surface area contributed by atoms with Crippen LogP contribution < -0.4 is 10.6 Å². The van der Waals surface area contributed by atoms with Crippen molar-refractivity contribution < 1.29 is 19.4 Å². The summed E-state index contributed by atoms with van der Waals surface area (Å²) in [6, 6.07) is 6.40. The second-order valence-electron chi connectivity index (χ2n) is 8.96. The van der Waals surface area contributed by atoms with Gasteiger partial charge in [0.05, 0.1) is 23.9 Å². The quantitative estimate of drug-likeness (QED) is 0.443. The van der Waals surface area contributed by atoms with E-state index in [-0.39, 0.29) is 23.9 Å². The summed E-state index contributed by atoms with van der Waals surface area (Å²) in [6.45, 7) is 0. The van der Waals surface area contributed by atoms with Gasteiger partial charge < -0.3 is 20.8 Å². The number of aliphatic hydroxyl groups excluding tert-OH is 1. The molecule has 0 unspecified atom stereocenters. The molecular weight excluding hydrogens is 427 g/mol.